The Kier molecular flexibility index (Phi) is 4.46. The summed E-state index contributed by atoms with van der Waals surface area (Å²) in [6.07, 6.45) is -0.665. The zero-order valence-corrected chi connectivity index (χ0v) is 11.9. The molecule has 1 aromatic rings. The van der Waals surface area contributed by atoms with Crippen molar-refractivity contribution >= 4 is 21.6 Å². The molecule has 0 fully saturated rings. The van der Waals surface area contributed by atoms with Crippen molar-refractivity contribution in [2.75, 3.05) is 31.2 Å². The van der Waals surface area contributed by atoms with Gasteiger partial charge in [-0.1, -0.05) is 12.1 Å². The predicted molar refractivity (Wildman–Crippen MR) is 75.2 cm³/mol. The second-order valence-electron chi connectivity index (χ2n) is 4.30. The summed E-state index contributed by atoms with van der Waals surface area (Å²) in [7, 11) is -1.98. The van der Waals surface area contributed by atoms with Gasteiger partial charge in [-0.05, 0) is 19.2 Å². The van der Waals surface area contributed by atoms with Crippen LogP contribution in [0.1, 0.15) is 0 Å². The summed E-state index contributed by atoms with van der Waals surface area (Å²) in [4.78, 5) is 11.9. The maximum Gasteiger partial charge on any atom is 0.262 e. The molecule has 1 aliphatic heterocycles. The number of carbonyl (C=O) groups excluding carboxylic acids is 1. The molecule has 110 valence electrons. The lowest BCUT2D eigenvalue weighted by Crippen LogP contribution is -2.46. The van der Waals surface area contributed by atoms with E-state index in [9.17, 15) is 13.2 Å². The molecule has 0 saturated heterocycles. The molecule has 0 saturated carbocycles. The van der Waals surface area contributed by atoms with E-state index in [0.717, 1.165) is 5.69 Å². The van der Waals surface area contributed by atoms with Crippen molar-refractivity contribution in [1.29, 1.82) is 0 Å². The zero-order valence-electron chi connectivity index (χ0n) is 11.0. The molecule has 8 heteroatoms. The first kappa shape index (κ1) is 14.6. The molecule has 0 aromatic heterocycles. The molecule has 1 amide bonds. The molecule has 1 atom stereocenters. The minimum Gasteiger partial charge on any atom is -0.477 e. The molecule has 0 aliphatic carbocycles. The zero-order chi connectivity index (χ0) is 14.6. The van der Waals surface area contributed by atoms with Gasteiger partial charge in [-0.2, -0.15) is 0 Å². The first-order valence-corrected chi connectivity index (χ1v) is 7.85. The van der Waals surface area contributed by atoms with E-state index in [-0.39, 0.29) is 18.2 Å². The highest BCUT2D eigenvalue weighted by Crippen LogP contribution is 2.27. The number of nitrogens with one attached hydrogen (secondary N) is 3. The van der Waals surface area contributed by atoms with Crippen LogP contribution in [-0.4, -0.2) is 46.3 Å². The monoisotopic (exact) mass is 299 g/mol. The molecule has 1 unspecified atom stereocenters. The topological polar surface area (TPSA) is 96.5 Å². The number of rotatable bonds is 5. The Hall–Kier alpha value is -1.80. The molecular weight excluding hydrogens is 282 g/mol. The van der Waals surface area contributed by atoms with Crippen LogP contribution in [0.2, 0.25) is 0 Å². The lowest BCUT2D eigenvalue weighted by molar-refractivity contribution is -0.127. The number of fused-ring (bicyclic) bond motifs is 1. The molecule has 20 heavy (non-hydrogen) atoms. The fourth-order valence-electron chi connectivity index (χ4n) is 1.78. The third-order valence-electron chi connectivity index (χ3n) is 2.91. The molecule has 1 heterocycles. The highest BCUT2D eigenvalue weighted by Gasteiger charge is 2.25. The Morgan fingerprint density at radius 2 is 2.20 bits per heavy atom. The summed E-state index contributed by atoms with van der Waals surface area (Å²) in [5, 5.41) is 5.65. The van der Waals surface area contributed by atoms with Gasteiger partial charge in [0.05, 0.1) is 18.0 Å². The van der Waals surface area contributed by atoms with Gasteiger partial charge in [-0.25, -0.2) is 13.1 Å². The van der Waals surface area contributed by atoms with Gasteiger partial charge in [-0.3, -0.25) is 4.79 Å². The van der Waals surface area contributed by atoms with E-state index >= 15 is 0 Å². The van der Waals surface area contributed by atoms with Crippen molar-refractivity contribution in [1.82, 2.24) is 10.0 Å². The minimum absolute atomic E-state index is 0.0452. The van der Waals surface area contributed by atoms with Crippen molar-refractivity contribution in [3.05, 3.63) is 24.3 Å². The van der Waals surface area contributed by atoms with Crippen LogP contribution < -0.4 is 20.1 Å². The van der Waals surface area contributed by atoms with Crippen LogP contribution >= 0.6 is 0 Å². The molecule has 0 spiro atoms. The van der Waals surface area contributed by atoms with Gasteiger partial charge in [0, 0.05) is 6.54 Å². The third-order valence-corrected chi connectivity index (χ3v) is 4.27. The SMILES string of the molecule is CNS(=O)(=O)CCNC(=O)C1CNc2ccccc2O1. The highest BCUT2D eigenvalue weighted by atomic mass is 32.2. The average Bonchev–Trinajstić information content (AvgIpc) is 2.46. The van der Waals surface area contributed by atoms with Gasteiger partial charge in [0.2, 0.25) is 10.0 Å². The average molecular weight is 299 g/mol. The Bertz CT molecular complexity index is 588. The number of hydrogen-bond donors (Lipinski definition) is 3. The van der Waals surface area contributed by atoms with Gasteiger partial charge < -0.3 is 15.4 Å². The molecule has 7 nitrogen and oxygen atoms in total. The number of para-hydroxylation sites is 2. The summed E-state index contributed by atoms with van der Waals surface area (Å²) >= 11 is 0. The van der Waals surface area contributed by atoms with Gasteiger partial charge in [-0.15, -0.1) is 0 Å². The largest absolute Gasteiger partial charge is 0.477 e. The second kappa shape index (κ2) is 6.10. The van der Waals surface area contributed by atoms with E-state index in [1.54, 1.807) is 6.07 Å². The second-order valence-corrected chi connectivity index (χ2v) is 6.34. The number of sulfonamides is 1. The van der Waals surface area contributed by atoms with Crippen LogP contribution in [0.4, 0.5) is 5.69 Å². The third kappa shape index (κ3) is 3.61. The summed E-state index contributed by atoms with van der Waals surface area (Å²) in [6, 6.07) is 7.33. The van der Waals surface area contributed by atoms with Gasteiger partial charge in [0.1, 0.15) is 5.75 Å². The standard InChI is InChI=1S/C12H17N3O4S/c1-13-20(17,18)7-6-14-12(16)11-8-15-9-4-2-3-5-10(9)19-11/h2-5,11,13,15H,6-8H2,1H3,(H,14,16). The molecule has 3 N–H and O–H groups in total. The predicted octanol–water partition coefficient (Wildman–Crippen LogP) is -0.475. The van der Waals surface area contributed by atoms with Gasteiger partial charge >= 0.3 is 0 Å². The number of benzene rings is 1. The van der Waals surface area contributed by atoms with Crippen molar-refractivity contribution in [2.45, 2.75) is 6.10 Å². The fourth-order valence-corrected chi connectivity index (χ4v) is 2.36. The van der Waals surface area contributed by atoms with Crippen LogP contribution in [0, 0.1) is 0 Å². The summed E-state index contributed by atoms with van der Waals surface area (Å²) in [5.74, 6) is 0.117. The van der Waals surface area contributed by atoms with Crippen molar-refractivity contribution in [3.8, 4) is 5.75 Å². The van der Waals surface area contributed by atoms with E-state index in [1.807, 2.05) is 18.2 Å². The van der Waals surface area contributed by atoms with E-state index in [2.05, 4.69) is 15.4 Å². The van der Waals surface area contributed by atoms with E-state index in [0.29, 0.717) is 12.3 Å². The summed E-state index contributed by atoms with van der Waals surface area (Å²) in [6.45, 7) is 0.394. The smallest absolute Gasteiger partial charge is 0.262 e. The van der Waals surface area contributed by atoms with E-state index < -0.39 is 16.1 Å². The molecule has 1 aromatic carbocycles. The Labute approximate surface area is 117 Å². The van der Waals surface area contributed by atoms with Crippen molar-refractivity contribution in [2.24, 2.45) is 0 Å². The molecular formula is C12H17N3O4S. The maximum absolute atomic E-state index is 11.9. The van der Waals surface area contributed by atoms with Gasteiger partial charge in [0.25, 0.3) is 5.91 Å². The van der Waals surface area contributed by atoms with Crippen LogP contribution in [-0.2, 0) is 14.8 Å². The Morgan fingerprint density at radius 1 is 1.45 bits per heavy atom. The first-order valence-electron chi connectivity index (χ1n) is 6.20. The molecule has 1 aliphatic rings. The molecule has 2 rings (SSSR count). The van der Waals surface area contributed by atoms with Crippen molar-refractivity contribution < 1.29 is 17.9 Å². The number of hydrogen-bond acceptors (Lipinski definition) is 5. The Balaban J connectivity index is 1.86. The molecule has 0 bridgehead atoms. The van der Waals surface area contributed by atoms with Crippen LogP contribution in [0.5, 0.6) is 5.75 Å². The van der Waals surface area contributed by atoms with E-state index in [1.165, 1.54) is 7.05 Å². The number of carbonyl (C=O) groups is 1. The lowest BCUT2D eigenvalue weighted by atomic mass is 10.2. The van der Waals surface area contributed by atoms with Crippen LogP contribution in [0.3, 0.4) is 0 Å². The minimum atomic E-state index is -3.32. The van der Waals surface area contributed by atoms with Crippen molar-refractivity contribution in [3.63, 3.8) is 0 Å². The highest BCUT2D eigenvalue weighted by molar-refractivity contribution is 7.89. The molecule has 0 radical (unpaired) electrons. The number of anilines is 1. The summed E-state index contributed by atoms with van der Waals surface area (Å²) < 4.78 is 30.2. The fraction of sp³-hybridized carbons (Fsp3) is 0.417. The first-order chi connectivity index (χ1) is 9.52. The van der Waals surface area contributed by atoms with Crippen LogP contribution in [0.15, 0.2) is 24.3 Å². The number of ether oxygens (including phenoxy) is 1. The van der Waals surface area contributed by atoms with Gasteiger partial charge in [0.15, 0.2) is 6.10 Å². The summed E-state index contributed by atoms with van der Waals surface area (Å²) in [5.41, 5.74) is 0.842. The Morgan fingerprint density at radius 3 is 2.95 bits per heavy atom. The maximum atomic E-state index is 11.9. The quantitative estimate of drug-likeness (QED) is 0.683. The van der Waals surface area contributed by atoms with E-state index in [4.69, 9.17) is 4.74 Å². The number of amides is 1. The normalized spacial score (nSPS) is 17.6. The lowest BCUT2D eigenvalue weighted by Gasteiger charge is -2.26. The van der Waals surface area contributed by atoms with Crippen LogP contribution in [0.25, 0.3) is 0 Å².